The van der Waals surface area contributed by atoms with Crippen LogP contribution in [0.25, 0.3) is 0 Å². The molecule has 0 bridgehead atoms. The maximum Gasteiger partial charge on any atom is 0.317 e. The van der Waals surface area contributed by atoms with Crippen LogP contribution in [0.4, 0.5) is 0 Å². The van der Waals surface area contributed by atoms with E-state index in [1.54, 1.807) is 0 Å². The Morgan fingerprint density at radius 3 is 0.978 bits per heavy atom. The minimum Gasteiger partial charge on any atom is -0.395 e. The Kier molecular flexibility index (Phi) is 62.3. The van der Waals surface area contributed by atoms with Crippen molar-refractivity contribution in [2.45, 2.75) is 492 Å². The minimum absolute atomic E-state index is 0.0781. The zero-order chi connectivity index (χ0) is 67.8. The van der Waals surface area contributed by atoms with E-state index in [1.165, 1.54) is 353 Å². The molecule has 7 unspecified atom stereocenters. The van der Waals surface area contributed by atoms with Gasteiger partial charge in [-0.05, 0) is 67.6 Å². The van der Waals surface area contributed by atoms with Gasteiger partial charge in [-0.15, -0.1) is 0 Å². The van der Waals surface area contributed by atoms with Crippen molar-refractivity contribution in [2.24, 2.45) is 40.4 Å². The lowest BCUT2D eigenvalue weighted by Crippen LogP contribution is -2.34. The average molecular weight is 1310 g/mol. The summed E-state index contributed by atoms with van der Waals surface area (Å²) in [6.07, 6.45) is 87.5. The fourth-order valence-corrected chi connectivity index (χ4v) is 16.4. The number of ether oxygens (including phenoxy) is 2. The van der Waals surface area contributed by atoms with Gasteiger partial charge in [0.1, 0.15) is 0 Å². The summed E-state index contributed by atoms with van der Waals surface area (Å²) < 4.78 is 11.0. The molecular formula is C87H166O6. The average Bonchev–Trinajstić information content (AvgIpc) is 1.69. The van der Waals surface area contributed by atoms with Gasteiger partial charge in [0.25, 0.3) is 0 Å². The van der Waals surface area contributed by atoms with Crippen molar-refractivity contribution in [3.63, 3.8) is 0 Å². The van der Waals surface area contributed by atoms with Crippen molar-refractivity contribution in [3.8, 4) is 0 Å². The second-order valence-corrected chi connectivity index (χ2v) is 32.1. The summed E-state index contributed by atoms with van der Waals surface area (Å²) in [5.74, 6) is -2.68. The summed E-state index contributed by atoms with van der Waals surface area (Å²) in [5, 5.41) is 0. The van der Waals surface area contributed by atoms with Crippen LogP contribution in [0.2, 0.25) is 0 Å². The van der Waals surface area contributed by atoms with E-state index < -0.39 is 29.7 Å². The summed E-state index contributed by atoms with van der Waals surface area (Å²) in [4.78, 5) is 54.4. The molecule has 6 nitrogen and oxygen atoms in total. The van der Waals surface area contributed by atoms with Crippen LogP contribution in [0.3, 0.4) is 0 Å². The summed E-state index contributed by atoms with van der Waals surface area (Å²) in [7, 11) is 0. The first kappa shape index (κ1) is 89.3. The largest absolute Gasteiger partial charge is 0.395 e. The van der Waals surface area contributed by atoms with E-state index in [0.717, 1.165) is 64.2 Å². The molecule has 1 aliphatic heterocycles. The molecule has 0 aromatic carbocycles. The molecule has 1 aliphatic rings. The molecule has 1 saturated heterocycles. The molecule has 550 valence electrons. The standard InChI is InChI=1S/C87H166O6/c1-9-15-19-22-24-26-28-30-32-34-36-38-40-42-44-46-48-50-52-54-56-58-60-62-64-66-69-78(75-86(7,13-5)71-18-12-4)73-80(83(89)92-77-88)74-79(82-81(84(90)93-85(82)91)76-87(8,14-6)72-68-21-17-11-3)70-67-65-63-61-59-57-55-53-51-49-47-45-43-41-39-37-35-33-31-29-27-25-23-20-16-10-2/h77-82H,9-76H2,1-8H3. The van der Waals surface area contributed by atoms with Crippen LogP contribution in [-0.4, -0.2) is 24.4 Å². The molecule has 0 saturated carbocycles. The monoisotopic (exact) mass is 1310 g/mol. The van der Waals surface area contributed by atoms with Gasteiger partial charge in [0.05, 0.1) is 17.8 Å². The molecule has 0 aromatic rings. The fourth-order valence-electron chi connectivity index (χ4n) is 16.4. The highest BCUT2D eigenvalue weighted by Crippen LogP contribution is 2.47. The topological polar surface area (TPSA) is 86.7 Å². The van der Waals surface area contributed by atoms with Gasteiger partial charge in [0.2, 0.25) is 0 Å². The van der Waals surface area contributed by atoms with E-state index in [0.29, 0.717) is 31.7 Å². The van der Waals surface area contributed by atoms with Crippen LogP contribution < -0.4 is 0 Å². The summed E-state index contributed by atoms with van der Waals surface area (Å²) in [5.41, 5.74) is 0.0933. The summed E-state index contributed by atoms with van der Waals surface area (Å²) in [6, 6.07) is 0. The molecule has 0 amide bonds. The molecule has 6 heteroatoms. The van der Waals surface area contributed by atoms with Gasteiger partial charge in [-0.3, -0.25) is 19.2 Å². The maximum atomic E-state index is 14.3. The quantitative estimate of drug-likeness (QED) is 0.0261. The van der Waals surface area contributed by atoms with Crippen molar-refractivity contribution in [2.75, 3.05) is 0 Å². The minimum atomic E-state index is -0.572. The molecule has 93 heavy (non-hydrogen) atoms. The van der Waals surface area contributed by atoms with Gasteiger partial charge < -0.3 is 9.47 Å². The Morgan fingerprint density at radius 1 is 0.376 bits per heavy atom. The molecule has 0 N–H and O–H groups in total. The van der Waals surface area contributed by atoms with E-state index in [2.05, 4.69) is 55.4 Å². The number of hydrogen-bond donors (Lipinski definition) is 0. The predicted octanol–water partition coefficient (Wildman–Crippen LogP) is 29.5. The first-order valence-corrected chi connectivity index (χ1v) is 42.9. The number of carbonyl (C=O) groups is 4. The maximum absolute atomic E-state index is 14.3. The summed E-state index contributed by atoms with van der Waals surface area (Å²) >= 11 is 0. The van der Waals surface area contributed by atoms with Crippen molar-refractivity contribution < 1.29 is 28.7 Å². The van der Waals surface area contributed by atoms with Crippen LogP contribution in [-0.2, 0) is 28.7 Å². The molecule has 1 rings (SSSR count). The van der Waals surface area contributed by atoms with Crippen molar-refractivity contribution in [1.29, 1.82) is 0 Å². The van der Waals surface area contributed by atoms with Crippen LogP contribution in [0, 0.1) is 40.4 Å². The normalized spacial score (nSPS) is 16.6. The number of cyclic esters (lactones) is 2. The second kappa shape index (κ2) is 64.9. The lowest BCUT2D eigenvalue weighted by Gasteiger charge is -2.36. The predicted molar refractivity (Wildman–Crippen MR) is 405 cm³/mol. The second-order valence-electron chi connectivity index (χ2n) is 32.1. The Morgan fingerprint density at radius 2 is 0.667 bits per heavy atom. The fraction of sp³-hybridized carbons (Fsp3) is 0.954. The molecular weight excluding hydrogens is 1140 g/mol. The third-order valence-electron chi connectivity index (χ3n) is 23.3. The Labute approximate surface area is 582 Å². The van der Waals surface area contributed by atoms with Gasteiger partial charge in [0.15, 0.2) is 0 Å². The molecule has 1 fully saturated rings. The Hall–Kier alpha value is -1.72. The third-order valence-corrected chi connectivity index (χ3v) is 23.3. The van der Waals surface area contributed by atoms with E-state index in [1.807, 2.05) is 0 Å². The van der Waals surface area contributed by atoms with Crippen molar-refractivity contribution in [1.82, 2.24) is 0 Å². The number of carbonyl (C=O) groups excluding carboxylic acids is 4. The first-order chi connectivity index (χ1) is 45.5. The van der Waals surface area contributed by atoms with Crippen molar-refractivity contribution in [3.05, 3.63) is 0 Å². The lowest BCUT2D eigenvalue weighted by atomic mass is 9.67. The Balaban J connectivity index is 2.78. The van der Waals surface area contributed by atoms with E-state index in [-0.39, 0.29) is 22.7 Å². The molecule has 0 radical (unpaired) electrons. The van der Waals surface area contributed by atoms with Gasteiger partial charge in [-0.25, -0.2) is 0 Å². The zero-order valence-electron chi connectivity index (χ0n) is 64.5. The SMILES string of the molecule is CCCCCCCCCCCCCCCCCCCCCCCCCCCCC(CC(CC(CCCCCCCCCCCCCCCCCCCCCCCCCCCC)C1C(=O)OC(=O)C1CC(C)(CC)CCCCCC)C(=O)OC=O)CC(C)(CC)CCCC. The Bertz CT molecular complexity index is 1640. The molecule has 7 atom stereocenters. The van der Waals surface area contributed by atoms with Crippen LogP contribution >= 0.6 is 0 Å². The molecule has 0 aliphatic carbocycles. The van der Waals surface area contributed by atoms with E-state index >= 15 is 0 Å². The number of esters is 3. The number of unbranched alkanes of at least 4 members (excludes halogenated alkanes) is 54. The van der Waals surface area contributed by atoms with Crippen LogP contribution in [0.15, 0.2) is 0 Å². The smallest absolute Gasteiger partial charge is 0.317 e. The highest BCUT2D eigenvalue weighted by molar-refractivity contribution is 5.96. The summed E-state index contributed by atoms with van der Waals surface area (Å²) in [6.45, 7) is 18.8. The van der Waals surface area contributed by atoms with Gasteiger partial charge in [0, 0.05) is 0 Å². The van der Waals surface area contributed by atoms with Gasteiger partial charge in [-0.1, -0.05) is 447 Å². The van der Waals surface area contributed by atoms with Gasteiger partial charge in [-0.2, -0.15) is 0 Å². The third kappa shape index (κ3) is 51.2. The van der Waals surface area contributed by atoms with Crippen LogP contribution in [0.5, 0.6) is 0 Å². The number of rotatable bonds is 75. The number of hydrogen-bond acceptors (Lipinski definition) is 6. The highest BCUT2D eigenvalue weighted by Gasteiger charge is 2.51. The molecule has 0 aromatic heterocycles. The van der Waals surface area contributed by atoms with Crippen LogP contribution in [0.1, 0.15) is 492 Å². The first-order valence-electron chi connectivity index (χ1n) is 42.9. The lowest BCUT2D eigenvalue weighted by molar-refractivity contribution is -0.158. The molecule has 0 spiro atoms. The van der Waals surface area contributed by atoms with Gasteiger partial charge >= 0.3 is 24.4 Å². The molecule has 1 heterocycles. The van der Waals surface area contributed by atoms with E-state index in [9.17, 15) is 19.2 Å². The zero-order valence-corrected chi connectivity index (χ0v) is 64.5. The van der Waals surface area contributed by atoms with Crippen molar-refractivity contribution >= 4 is 24.4 Å². The highest BCUT2D eigenvalue weighted by atomic mass is 16.6. The van der Waals surface area contributed by atoms with E-state index in [4.69, 9.17) is 9.47 Å².